The van der Waals surface area contributed by atoms with Crippen LogP contribution in [0.15, 0.2) is 23.8 Å². The fraction of sp³-hybridized carbons (Fsp3) is 0.733. The molecule has 0 radical (unpaired) electrons. The first-order valence-electron chi connectivity index (χ1n) is 6.78. The summed E-state index contributed by atoms with van der Waals surface area (Å²) in [5.74, 6) is 0.571. The van der Waals surface area contributed by atoms with E-state index in [1.807, 2.05) is 0 Å². The highest BCUT2D eigenvalue weighted by molar-refractivity contribution is 6.74. The van der Waals surface area contributed by atoms with Gasteiger partial charge < -0.3 is 4.43 Å². The predicted octanol–water partition coefficient (Wildman–Crippen LogP) is 5.28. The molecular weight excluding hydrogens is 260 g/mol. The minimum absolute atomic E-state index is 0.276. The Morgan fingerprint density at radius 3 is 2.56 bits per heavy atom. The third-order valence-electron chi connectivity index (χ3n) is 4.26. The van der Waals surface area contributed by atoms with Gasteiger partial charge in [-0.25, -0.2) is 0 Å². The zero-order chi connectivity index (χ0) is 14.0. The van der Waals surface area contributed by atoms with Crippen molar-refractivity contribution >= 4 is 19.9 Å². The van der Waals surface area contributed by atoms with E-state index in [2.05, 4.69) is 46.5 Å². The highest BCUT2D eigenvalue weighted by Crippen LogP contribution is 2.40. The van der Waals surface area contributed by atoms with Crippen LogP contribution in [-0.4, -0.2) is 20.3 Å². The molecule has 1 nitrogen and oxygen atoms in total. The average Bonchev–Trinajstić information content (AvgIpc) is 2.21. The molecule has 0 aliphatic heterocycles. The van der Waals surface area contributed by atoms with Crippen molar-refractivity contribution in [3.63, 3.8) is 0 Å². The van der Waals surface area contributed by atoms with Crippen molar-refractivity contribution in [3.05, 3.63) is 23.8 Å². The van der Waals surface area contributed by atoms with Gasteiger partial charge in [-0.1, -0.05) is 39.0 Å². The monoisotopic (exact) mass is 286 g/mol. The largest absolute Gasteiger partial charge is 0.414 e. The molecule has 1 aliphatic rings. The topological polar surface area (TPSA) is 9.23 Å². The molecule has 1 atom stereocenters. The molecule has 0 aromatic carbocycles. The molecule has 0 saturated heterocycles. The van der Waals surface area contributed by atoms with E-state index in [-0.39, 0.29) is 5.04 Å². The Morgan fingerprint density at radius 2 is 2.06 bits per heavy atom. The van der Waals surface area contributed by atoms with E-state index in [0.29, 0.717) is 12.0 Å². The number of allylic oxidation sites excluding steroid dienone is 2. The third kappa shape index (κ3) is 3.97. The fourth-order valence-electron chi connectivity index (χ4n) is 2.00. The number of rotatable bonds is 3. The van der Waals surface area contributed by atoms with Crippen molar-refractivity contribution in [2.24, 2.45) is 0 Å². The number of halogens is 1. The average molecular weight is 287 g/mol. The quantitative estimate of drug-likeness (QED) is 0.506. The first-order chi connectivity index (χ1) is 8.17. The molecule has 18 heavy (non-hydrogen) atoms. The summed E-state index contributed by atoms with van der Waals surface area (Å²) in [7, 11) is -1.66. The fourth-order valence-corrected chi connectivity index (χ4v) is 3.58. The predicted molar refractivity (Wildman–Crippen MR) is 83.9 cm³/mol. The van der Waals surface area contributed by atoms with Crippen LogP contribution in [0.3, 0.4) is 0 Å². The molecule has 0 N–H and O–H groups in total. The summed E-state index contributed by atoms with van der Waals surface area (Å²) in [5, 5.41) is 0.276. The van der Waals surface area contributed by atoms with E-state index in [1.165, 1.54) is 11.1 Å². The molecule has 0 amide bonds. The van der Waals surface area contributed by atoms with Gasteiger partial charge in [-0.3, -0.25) is 0 Å². The second-order valence-electron chi connectivity index (χ2n) is 6.73. The van der Waals surface area contributed by atoms with Gasteiger partial charge in [-0.2, -0.15) is 0 Å². The first-order valence-corrected chi connectivity index (χ1v) is 10.2. The van der Waals surface area contributed by atoms with Crippen molar-refractivity contribution in [2.75, 3.05) is 5.88 Å². The van der Waals surface area contributed by atoms with E-state index in [9.17, 15) is 0 Å². The smallest absolute Gasteiger partial charge is 0.192 e. The summed E-state index contributed by atoms with van der Waals surface area (Å²) in [6, 6.07) is 0. The summed E-state index contributed by atoms with van der Waals surface area (Å²) in [6.45, 7) is 15.6. The molecule has 0 heterocycles. The maximum absolute atomic E-state index is 6.48. The SMILES string of the molecule is C=C1CCC(O[Si](C)(C)C(C)(C)C)C/C1=C/CCl. The zero-order valence-corrected chi connectivity index (χ0v) is 14.2. The van der Waals surface area contributed by atoms with Crippen molar-refractivity contribution in [1.29, 1.82) is 0 Å². The minimum Gasteiger partial charge on any atom is -0.414 e. The lowest BCUT2D eigenvalue weighted by molar-refractivity contribution is 0.164. The van der Waals surface area contributed by atoms with Crippen LogP contribution in [0, 0.1) is 0 Å². The van der Waals surface area contributed by atoms with Gasteiger partial charge in [0.2, 0.25) is 0 Å². The van der Waals surface area contributed by atoms with Gasteiger partial charge >= 0.3 is 0 Å². The summed E-state index contributed by atoms with van der Waals surface area (Å²) in [5.41, 5.74) is 2.55. The van der Waals surface area contributed by atoms with E-state index in [4.69, 9.17) is 16.0 Å². The molecule has 1 fully saturated rings. The first kappa shape index (κ1) is 16.0. The van der Waals surface area contributed by atoms with Crippen LogP contribution in [0.5, 0.6) is 0 Å². The van der Waals surface area contributed by atoms with Crippen LogP contribution >= 0.6 is 11.6 Å². The van der Waals surface area contributed by atoms with E-state index in [1.54, 1.807) is 0 Å². The Bertz CT molecular complexity index is 339. The highest BCUT2D eigenvalue weighted by Gasteiger charge is 2.39. The van der Waals surface area contributed by atoms with Gasteiger partial charge in [0.05, 0.1) is 0 Å². The Balaban J connectivity index is 2.70. The molecule has 104 valence electrons. The Hall–Kier alpha value is -0.0531. The number of hydrogen-bond acceptors (Lipinski definition) is 1. The van der Waals surface area contributed by atoms with Gasteiger partial charge in [-0.05, 0) is 43.0 Å². The van der Waals surface area contributed by atoms with Gasteiger partial charge in [0.15, 0.2) is 8.32 Å². The van der Waals surface area contributed by atoms with Crippen LogP contribution < -0.4 is 0 Å². The molecule has 1 rings (SSSR count). The van der Waals surface area contributed by atoms with Crippen molar-refractivity contribution in [2.45, 2.75) is 64.3 Å². The summed E-state index contributed by atoms with van der Waals surface area (Å²) in [4.78, 5) is 0. The van der Waals surface area contributed by atoms with Gasteiger partial charge in [0.25, 0.3) is 0 Å². The van der Waals surface area contributed by atoms with Crippen LogP contribution in [0.1, 0.15) is 40.0 Å². The van der Waals surface area contributed by atoms with E-state index >= 15 is 0 Å². The molecule has 1 unspecified atom stereocenters. The second kappa shape index (κ2) is 5.94. The van der Waals surface area contributed by atoms with Crippen molar-refractivity contribution < 1.29 is 4.43 Å². The summed E-state index contributed by atoms with van der Waals surface area (Å²) >= 11 is 5.80. The van der Waals surface area contributed by atoms with E-state index < -0.39 is 8.32 Å². The van der Waals surface area contributed by atoms with E-state index in [0.717, 1.165) is 19.3 Å². The summed E-state index contributed by atoms with van der Waals surface area (Å²) in [6.07, 6.45) is 5.57. The number of alkyl halides is 1. The van der Waals surface area contributed by atoms with Gasteiger partial charge in [-0.15, -0.1) is 11.6 Å². The second-order valence-corrected chi connectivity index (χ2v) is 11.8. The molecule has 0 bridgehead atoms. The van der Waals surface area contributed by atoms with Crippen LogP contribution in [0.2, 0.25) is 18.1 Å². The maximum Gasteiger partial charge on any atom is 0.192 e. The van der Waals surface area contributed by atoms with Crippen LogP contribution in [-0.2, 0) is 4.43 Å². The molecule has 3 heteroatoms. The lowest BCUT2D eigenvalue weighted by atomic mass is 9.89. The zero-order valence-electron chi connectivity index (χ0n) is 12.5. The van der Waals surface area contributed by atoms with Crippen molar-refractivity contribution in [1.82, 2.24) is 0 Å². The van der Waals surface area contributed by atoms with Gasteiger partial charge in [0.1, 0.15) is 0 Å². The van der Waals surface area contributed by atoms with Gasteiger partial charge in [0, 0.05) is 12.0 Å². The van der Waals surface area contributed by atoms with Crippen LogP contribution in [0.25, 0.3) is 0 Å². The van der Waals surface area contributed by atoms with Crippen LogP contribution in [0.4, 0.5) is 0 Å². The Kier molecular flexibility index (Phi) is 5.28. The molecule has 0 spiro atoms. The minimum atomic E-state index is -1.66. The molecular formula is C15H27ClOSi. The molecule has 1 saturated carbocycles. The number of hydrogen-bond donors (Lipinski definition) is 0. The third-order valence-corrected chi connectivity index (χ3v) is 8.95. The van der Waals surface area contributed by atoms with Crippen molar-refractivity contribution in [3.8, 4) is 0 Å². The standard InChI is InChI=1S/C15H27ClOSi/c1-12-7-8-14(11-13(12)9-10-16)17-18(5,6)15(2,3)4/h9,14H,1,7-8,10-11H2,2-6H3/b13-9-. The lowest BCUT2D eigenvalue weighted by Gasteiger charge is -2.41. The Labute approximate surface area is 118 Å². The Morgan fingerprint density at radius 1 is 1.44 bits per heavy atom. The molecule has 0 aromatic heterocycles. The maximum atomic E-state index is 6.48. The molecule has 1 aliphatic carbocycles. The summed E-state index contributed by atoms with van der Waals surface area (Å²) < 4.78 is 6.48. The highest BCUT2D eigenvalue weighted by atomic mass is 35.5. The molecule has 0 aromatic rings. The normalized spacial score (nSPS) is 24.7. The lowest BCUT2D eigenvalue weighted by Crippen LogP contribution is -2.44.